The van der Waals surface area contributed by atoms with Crippen molar-refractivity contribution in [2.45, 2.75) is 69.0 Å². The molecular weight excluding hydrogens is 410 g/mol. The van der Waals surface area contributed by atoms with E-state index in [9.17, 15) is 4.79 Å². The standard InChI is InChI=1S/C20H23N3O2S3/c1-12-21-13(10-26-12)11-27-20-22-18-17(15-6-2-3-7-16(15)28-18)19(24)23(20)9-14-5-4-8-25-14/h10,14H,2-9,11H2,1H3. The minimum absolute atomic E-state index is 0.118. The van der Waals surface area contributed by atoms with Crippen molar-refractivity contribution in [1.82, 2.24) is 14.5 Å². The van der Waals surface area contributed by atoms with Gasteiger partial charge in [-0.05, 0) is 51.0 Å². The predicted molar refractivity (Wildman–Crippen MR) is 116 cm³/mol. The lowest BCUT2D eigenvalue weighted by atomic mass is 9.97. The highest BCUT2D eigenvalue weighted by Gasteiger charge is 2.25. The van der Waals surface area contributed by atoms with Crippen molar-refractivity contribution in [3.8, 4) is 0 Å². The molecule has 0 spiro atoms. The van der Waals surface area contributed by atoms with E-state index in [2.05, 4.69) is 10.4 Å². The number of thioether (sulfide) groups is 1. The molecule has 1 saturated heterocycles. The topological polar surface area (TPSA) is 57.0 Å². The van der Waals surface area contributed by atoms with Gasteiger partial charge in [0.1, 0.15) is 4.83 Å². The molecule has 8 heteroatoms. The summed E-state index contributed by atoms with van der Waals surface area (Å²) in [6, 6.07) is 0. The smallest absolute Gasteiger partial charge is 0.263 e. The first-order chi connectivity index (χ1) is 13.7. The molecule has 1 unspecified atom stereocenters. The Labute approximate surface area is 176 Å². The molecule has 0 amide bonds. The second-order valence-electron chi connectivity index (χ2n) is 7.48. The Kier molecular flexibility index (Phi) is 5.30. The van der Waals surface area contributed by atoms with Crippen molar-refractivity contribution in [1.29, 1.82) is 0 Å². The molecule has 5 nitrogen and oxygen atoms in total. The van der Waals surface area contributed by atoms with E-state index in [1.807, 2.05) is 11.5 Å². The van der Waals surface area contributed by atoms with Gasteiger partial charge in [-0.15, -0.1) is 22.7 Å². The van der Waals surface area contributed by atoms with E-state index in [1.165, 1.54) is 23.3 Å². The first-order valence-electron chi connectivity index (χ1n) is 9.89. The van der Waals surface area contributed by atoms with Crippen LogP contribution in [0.25, 0.3) is 10.2 Å². The number of fused-ring (bicyclic) bond motifs is 3. The monoisotopic (exact) mass is 433 g/mol. The number of thiophene rings is 1. The average molecular weight is 434 g/mol. The van der Waals surface area contributed by atoms with Crippen molar-refractivity contribution in [3.05, 3.63) is 36.9 Å². The molecule has 4 heterocycles. The molecular formula is C20H23N3O2S3. The maximum atomic E-state index is 13.5. The molecule has 28 heavy (non-hydrogen) atoms. The van der Waals surface area contributed by atoms with Crippen LogP contribution in [0.1, 0.15) is 46.8 Å². The van der Waals surface area contributed by atoms with E-state index < -0.39 is 0 Å². The minimum Gasteiger partial charge on any atom is -0.376 e. The third-order valence-corrected chi connectivity index (χ3v) is 8.48. The van der Waals surface area contributed by atoms with Gasteiger partial charge in [-0.3, -0.25) is 9.36 Å². The zero-order chi connectivity index (χ0) is 19.1. The molecule has 5 rings (SSSR count). The van der Waals surface area contributed by atoms with Crippen LogP contribution in [0, 0.1) is 6.92 Å². The molecule has 1 aliphatic carbocycles. The summed E-state index contributed by atoms with van der Waals surface area (Å²) in [7, 11) is 0. The highest BCUT2D eigenvalue weighted by molar-refractivity contribution is 7.98. The summed E-state index contributed by atoms with van der Waals surface area (Å²) in [6.45, 7) is 3.42. The molecule has 148 valence electrons. The number of aryl methyl sites for hydroxylation is 3. The molecule has 1 fully saturated rings. The molecule has 0 N–H and O–H groups in total. The van der Waals surface area contributed by atoms with Crippen molar-refractivity contribution in [3.63, 3.8) is 0 Å². The van der Waals surface area contributed by atoms with Gasteiger partial charge >= 0.3 is 0 Å². The molecule has 0 saturated carbocycles. The number of aromatic nitrogens is 3. The van der Waals surface area contributed by atoms with Crippen molar-refractivity contribution < 1.29 is 4.74 Å². The van der Waals surface area contributed by atoms with Gasteiger partial charge in [0.2, 0.25) is 0 Å². The average Bonchev–Trinajstić information content (AvgIpc) is 3.42. The summed E-state index contributed by atoms with van der Waals surface area (Å²) in [6.07, 6.45) is 6.69. The number of hydrogen-bond donors (Lipinski definition) is 0. The third kappa shape index (κ3) is 3.56. The zero-order valence-corrected chi connectivity index (χ0v) is 18.4. The third-order valence-electron chi connectivity index (χ3n) is 5.47. The van der Waals surface area contributed by atoms with E-state index in [1.54, 1.807) is 34.4 Å². The van der Waals surface area contributed by atoms with E-state index in [0.717, 1.165) is 64.1 Å². The summed E-state index contributed by atoms with van der Waals surface area (Å²) in [4.78, 5) is 25.3. The van der Waals surface area contributed by atoms with Crippen molar-refractivity contribution >= 4 is 44.7 Å². The number of ether oxygens (including phenoxy) is 1. The maximum Gasteiger partial charge on any atom is 0.263 e. The second-order valence-corrected chi connectivity index (χ2v) is 10.6. The fourth-order valence-electron chi connectivity index (χ4n) is 4.10. The Morgan fingerprint density at radius 3 is 2.96 bits per heavy atom. The van der Waals surface area contributed by atoms with Crippen LogP contribution in [0.3, 0.4) is 0 Å². The summed E-state index contributed by atoms with van der Waals surface area (Å²) in [5.41, 5.74) is 2.43. The Hall–Kier alpha value is -1.22. The largest absolute Gasteiger partial charge is 0.376 e. The van der Waals surface area contributed by atoms with E-state index in [0.29, 0.717) is 6.54 Å². The number of thiazole rings is 1. The Morgan fingerprint density at radius 2 is 2.18 bits per heavy atom. The van der Waals surface area contributed by atoms with Crippen molar-refractivity contribution in [2.75, 3.05) is 6.61 Å². The fraction of sp³-hybridized carbons (Fsp3) is 0.550. The van der Waals surface area contributed by atoms with Crippen LogP contribution in [0.5, 0.6) is 0 Å². The van der Waals surface area contributed by atoms with Gasteiger partial charge in [0.15, 0.2) is 5.16 Å². The SMILES string of the molecule is Cc1nc(CSc2nc3sc4c(c3c(=O)n2CC2CCCO2)CCCC4)cs1. The number of nitrogens with zero attached hydrogens (tertiary/aromatic N) is 3. The summed E-state index contributed by atoms with van der Waals surface area (Å²) < 4.78 is 7.71. The molecule has 2 aliphatic rings. The van der Waals surface area contributed by atoms with Gasteiger partial charge in [-0.25, -0.2) is 9.97 Å². The Bertz CT molecular complexity index is 1060. The predicted octanol–water partition coefficient (Wildman–Crippen LogP) is 4.57. The van der Waals surface area contributed by atoms with Crippen LogP contribution in [0.4, 0.5) is 0 Å². The summed E-state index contributed by atoms with van der Waals surface area (Å²) >= 11 is 5.00. The van der Waals surface area contributed by atoms with Crippen LogP contribution >= 0.6 is 34.4 Å². The molecule has 3 aromatic heterocycles. The second kappa shape index (κ2) is 7.89. The maximum absolute atomic E-state index is 13.5. The van der Waals surface area contributed by atoms with Crippen LogP contribution < -0.4 is 5.56 Å². The number of rotatable bonds is 5. The lowest BCUT2D eigenvalue weighted by Crippen LogP contribution is -2.29. The van der Waals surface area contributed by atoms with Gasteiger partial charge in [-0.1, -0.05) is 11.8 Å². The molecule has 1 atom stereocenters. The zero-order valence-electron chi connectivity index (χ0n) is 15.9. The molecule has 3 aromatic rings. The van der Waals surface area contributed by atoms with Crippen LogP contribution in [-0.2, 0) is 29.9 Å². The van der Waals surface area contributed by atoms with E-state index in [4.69, 9.17) is 9.72 Å². The van der Waals surface area contributed by atoms with E-state index in [-0.39, 0.29) is 11.7 Å². The minimum atomic E-state index is 0.118. The van der Waals surface area contributed by atoms with Gasteiger partial charge in [0.05, 0.1) is 28.7 Å². The summed E-state index contributed by atoms with van der Waals surface area (Å²) in [5.74, 6) is 0.735. The van der Waals surface area contributed by atoms with E-state index >= 15 is 0 Å². The van der Waals surface area contributed by atoms with Crippen LogP contribution in [0.2, 0.25) is 0 Å². The van der Waals surface area contributed by atoms with Gasteiger partial charge < -0.3 is 4.74 Å². The Balaban J connectivity index is 1.56. The lowest BCUT2D eigenvalue weighted by molar-refractivity contribution is 0.0937. The Morgan fingerprint density at radius 1 is 1.29 bits per heavy atom. The van der Waals surface area contributed by atoms with Gasteiger partial charge in [-0.2, -0.15) is 0 Å². The molecule has 1 aliphatic heterocycles. The molecule has 0 bridgehead atoms. The van der Waals surface area contributed by atoms with Crippen LogP contribution in [-0.4, -0.2) is 27.2 Å². The van der Waals surface area contributed by atoms with Gasteiger partial charge in [0, 0.05) is 22.6 Å². The van der Waals surface area contributed by atoms with Crippen molar-refractivity contribution in [2.24, 2.45) is 0 Å². The molecule has 0 aromatic carbocycles. The summed E-state index contributed by atoms with van der Waals surface area (Å²) in [5, 5.41) is 4.83. The normalized spacial score (nSPS) is 19.4. The fourth-order valence-corrected chi connectivity index (χ4v) is 7.02. The lowest BCUT2D eigenvalue weighted by Gasteiger charge is -2.16. The first kappa shape index (κ1) is 18.8. The van der Waals surface area contributed by atoms with Gasteiger partial charge in [0.25, 0.3) is 5.56 Å². The first-order valence-corrected chi connectivity index (χ1v) is 12.6. The highest BCUT2D eigenvalue weighted by atomic mass is 32.2. The highest BCUT2D eigenvalue weighted by Crippen LogP contribution is 2.35. The van der Waals surface area contributed by atoms with Crippen LogP contribution in [0.15, 0.2) is 15.3 Å². The quantitative estimate of drug-likeness (QED) is 0.436. The number of hydrogen-bond acceptors (Lipinski definition) is 7. The molecule has 0 radical (unpaired) electrons.